The Morgan fingerprint density at radius 2 is 1.72 bits per heavy atom. The average Bonchev–Trinajstić information content (AvgIpc) is 2.54. The maximum Gasteiger partial charge on any atom is 0.397 e. The van der Waals surface area contributed by atoms with Crippen LogP contribution in [-0.2, 0) is 4.79 Å². The summed E-state index contributed by atoms with van der Waals surface area (Å²) in [6.07, 6.45) is -2.25. The number of hydrogen-bond donors (Lipinski definition) is 2. The number of carbonyl (C=O) groups excluding carboxylic acids is 1. The van der Waals surface area contributed by atoms with Gasteiger partial charge in [-0.2, -0.15) is 13.2 Å². The summed E-state index contributed by atoms with van der Waals surface area (Å²) >= 11 is 2.91. The van der Waals surface area contributed by atoms with Gasteiger partial charge in [-0.3, -0.25) is 4.79 Å². The topological polar surface area (TPSA) is 66.9 Å². The number of thioether (sulfide) groups is 2. The third kappa shape index (κ3) is 6.46. The van der Waals surface area contributed by atoms with Crippen molar-refractivity contribution in [3.63, 3.8) is 0 Å². The lowest BCUT2D eigenvalue weighted by Gasteiger charge is -2.10. The zero-order valence-electron chi connectivity index (χ0n) is 13.3. The molecule has 1 heterocycles. The van der Waals surface area contributed by atoms with Gasteiger partial charge in [0.15, 0.2) is 5.16 Å². The molecule has 0 aliphatic heterocycles. The maximum atomic E-state index is 12.2. The second-order valence-electron chi connectivity index (χ2n) is 4.82. The molecule has 1 aromatic heterocycles. The molecule has 0 spiro atoms. The molecule has 1 amide bonds. The molecular formula is C15H15F3N4OS2. The zero-order valence-corrected chi connectivity index (χ0v) is 15.0. The number of hydrogen-bond acceptors (Lipinski definition) is 6. The minimum Gasteiger partial charge on any atom is -0.340 e. The third-order valence-corrected chi connectivity index (χ3v) is 4.05. The van der Waals surface area contributed by atoms with Gasteiger partial charge >= 0.3 is 6.18 Å². The van der Waals surface area contributed by atoms with Crippen molar-refractivity contribution in [3.8, 4) is 0 Å². The van der Waals surface area contributed by atoms with Gasteiger partial charge in [-0.05, 0) is 36.8 Å². The van der Waals surface area contributed by atoms with Crippen LogP contribution < -0.4 is 10.6 Å². The number of alkyl halides is 3. The van der Waals surface area contributed by atoms with Crippen LogP contribution in [0.5, 0.6) is 0 Å². The van der Waals surface area contributed by atoms with Gasteiger partial charge in [0.05, 0.1) is 0 Å². The number of rotatable bonds is 6. The van der Waals surface area contributed by atoms with Crippen molar-refractivity contribution in [2.45, 2.75) is 22.8 Å². The molecule has 0 saturated carbocycles. The Kier molecular flexibility index (Phi) is 6.54. The second-order valence-corrected chi connectivity index (χ2v) is 6.42. The first-order chi connectivity index (χ1) is 11.8. The van der Waals surface area contributed by atoms with E-state index < -0.39 is 18.5 Å². The fourth-order valence-electron chi connectivity index (χ4n) is 1.84. The van der Waals surface area contributed by atoms with E-state index in [9.17, 15) is 18.0 Å². The summed E-state index contributed by atoms with van der Waals surface area (Å²) in [5.74, 6) is -0.490. The lowest BCUT2D eigenvalue weighted by atomic mass is 10.2. The van der Waals surface area contributed by atoms with Crippen LogP contribution in [0, 0.1) is 0 Å². The molecule has 0 bridgehead atoms. The van der Waals surface area contributed by atoms with Crippen LogP contribution in [0.1, 0.15) is 6.42 Å². The molecule has 1 aromatic carbocycles. The van der Waals surface area contributed by atoms with Crippen molar-refractivity contribution in [2.24, 2.45) is 0 Å². The Balaban J connectivity index is 2.04. The first-order valence-electron chi connectivity index (χ1n) is 7.00. The van der Waals surface area contributed by atoms with E-state index in [1.54, 1.807) is 18.2 Å². The second kappa shape index (κ2) is 8.43. The third-order valence-electron chi connectivity index (χ3n) is 2.88. The molecule has 134 valence electrons. The van der Waals surface area contributed by atoms with Crippen molar-refractivity contribution >= 4 is 46.6 Å². The van der Waals surface area contributed by atoms with E-state index in [2.05, 4.69) is 20.6 Å². The highest BCUT2D eigenvalue weighted by molar-refractivity contribution is 7.99. The highest BCUT2D eigenvalue weighted by Gasteiger charge is 2.31. The van der Waals surface area contributed by atoms with Gasteiger partial charge in [-0.1, -0.05) is 11.8 Å². The van der Waals surface area contributed by atoms with Crippen LogP contribution in [0.2, 0.25) is 0 Å². The molecule has 0 atom stereocenters. The summed E-state index contributed by atoms with van der Waals surface area (Å²) < 4.78 is 36.5. The highest BCUT2D eigenvalue weighted by Crippen LogP contribution is 2.24. The number of halogens is 3. The van der Waals surface area contributed by atoms with Crippen molar-refractivity contribution in [1.82, 2.24) is 9.97 Å². The fraction of sp³-hybridized carbons (Fsp3) is 0.267. The smallest absolute Gasteiger partial charge is 0.340 e. The van der Waals surface area contributed by atoms with Gasteiger partial charge in [-0.25, -0.2) is 9.97 Å². The molecule has 10 heteroatoms. The van der Waals surface area contributed by atoms with Crippen LogP contribution in [0.3, 0.4) is 0 Å². The SMILES string of the molecule is CSc1cc(Nc2ccc(NC(=O)CC(F)(F)F)cc2)nc(SC)n1. The van der Waals surface area contributed by atoms with Crippen molar-refractivity contribution in [2.75, 3.05) is 23.1 Å². The molecule has 2 rings (SSSR count). The Hall–Kier alpha value is -1.94. The summed E-state index contributed by atoms with van der Waals surface area (Å²) in [6.45, 7) is 0. The fourth-order valence-corrected chi connectivity index (χ4v) is 2.68. The van der Waals surface area contributed by atoms with E-state index in [0.717, 1.165) is 5.03 Å². The van der Waals surface area contributed by atoms with Crippen molar-refractivity contribution in [1.29, 1.82) is 0 Å². The Labute approximate surface area is 151 Å². The Morgan fingerprint density at radius 1 is 1.08 bits per heavy atom. The van der Waals surface area contributed by atoms with Gasteiger partial charge in [0.2, 0.25) is 5.91 Å². The molecule has 0 saturated heterocycles. The zero-order chi connectivity index (χ0) is 18.4. The predicted molar refractivity (Wildman–Crippen MR) is 94.6 cm³/mol. The molecule has 0 unspecified atom stereocenters. The normalized spacial score (nSPS) is 11.2. The van der Waals surface area contributed by atoms with Crippen LogP contribution >= 0.6 is 23.5 Å². The summed E-state index contributed by atoms with van der Waals surface area (Å²) in [5.41, 5.74) is 0.976. The highest BCUT2D eigenvalue weighted by atomic mass is 32.2. The standard InChI is InChI=1S/C15H15F3N4OS2/c1-24-13-7-11(21-14(22-13)25-2)19-9-3-5-10(6-4-9)20-12(23)8-15(16,17)18/h3-7H,8H2,1-2H3,(H,20,23)(H,19,21,22). The van der Waals surface area contributed by atoms with Gasteiger partial charge in [-0.15, -0.1) is 11.8 Å². The summed E-state index contributed by atoms with van der Waals surface area (Å²) in [4.78, 5) is 19.9. The van der Waals surface area contributed by atoms with Gasteiger partial charge in [0.25, 0.3) is 0 Å². The number of nitrogens with one attached hydrogen (secondary N) is 2. The monoisotopic (exact) mass is 388 g/mol. The van der Waals surface area contributed by atoms with Crippen LogP contribution in [-0.4, -0.2) is 34.6 Å². The molecule has 0 radical (unpaired) electrons. The Bertz CT molecular complexity index is 716. The Morgan fingerprint density at radius 3 is 2.28 bits per heavy atom. The minimum atomic E-state index is -4.53. The molecule has 0 fully saturated rings. The molecule has 0 aliphatic rings. The molecule has 5 nitrogen and oxygen atoms in total. The van der Waals surface area contributed by atoms with Gasteiger partial charge in [0, 0.05) is 17.4 Å². The van der Waals surface area contributed by atoms with E-state index >= 15 is 0 Å². The lowest BCUT2D eigenvalue weighted by molar-refractivity contribution is -0.150. The van der Waals surface area contributed by atoms with E-state index in [0.29, 0.717) is 16.7 Å². The van der Waals surface area contributed by atoms with Gasteiger partial charge < -0.3 is 10.6 Å². The summed E-state index contributed by atoms with van der Waals surface area (Å²) in [7, 11) is 0. The number of benzene rings is 1. The molecule has 2 N–H and O–H groups in total. The maximum absolute atomic E-state index is 12.2. The number of carbonyl (C=O) groups is 1. The number of anilines is 3. The van der Waals surface area contributed by atoms with Crippen LogP contribution in [0.4, 0.5) is 30.4 Å². The van der Waals surface area contributed by atoms with E-state index in [1.807, 2.05) is 12.5 Å². The lowest BCUT2D eigenvalue weighted by Crippen LogP contribution is -2.21. The average molecular weight is 388 g/mol. The van der Waals surface area contributed by atoms with E-state index in [4.69, 9.17) is 0 Å². The van der Waals surface area contributed by atoms with Crippen LogP contribution in [0.15, 0.2) is 40.5 Å². The number of amides is 1. The molecule has 25 heavy (non-hydrogen) atoms. The molecule has 0 aliphatic carbocycles. The quantitative estimate of drug-likeness (QED) is 0.430. The minimum absolute atomic E-state index is 0.289. The first kappa shape index (κ1) is 19.4. The van der Waals surface area contributed by atoms with Crippen molar-refractivity contribution in [3.05, 3.63) is 30.3 Å². The molecular weight excluding hydrogens is 373 g/mol. The summed E-state index contributed by atoms with van der Waals surface area (Å²) in [5, 5.41) is 6.76. The van der Waals surface area contributed by atoms with E-state index in [1.165, 1.54) is 35.7 Å². The largest absolute Gasteiger partial charge is 0.397 e. The number of aromatic nitrogens is 2. The van der Waals surface area contributed by atoms with E-state index in [-0.39, 0.29) is 5.69 Å². The number of nitrogens with zero attached hydrogens (tertiary/aromatic N) is 2. The first-order valence-corrected chi connectivity index (χ1v) is 9.45. The van der Waals surface area contributed by atoms with Crippen LogP contribution in [0.25, 0.3) is 0 Å². The predicted octanol–water partition coefficient (Wildman–Crippen LogP) is 4.55. The molecule has 2 aromatic rings. The summed E-state index contributed by atoms with van der Waals surface area (Å²) in [6, 6.07) is 8.11. The van der Waals surface area contributed by atoms with Crippen molar-refractivity contribution < 1.29 is 18.0 Å². The van der Waals surface area contributed by atoms with Gasteiger partial charge in [0.1, 0.15) is 17.3 Å².